The second kappa shape index (κ2) is 6.67. The fourth-order valence-electron chi connectivity index (χ4n) is 2.60. The summed E-state index contributed by atoms with van der Waals surface area (Å²) in [6, 6.07) is 12.9. The molecule has 0 saturated carbocycles. The molecule has 0 fully saturated rings. The van der Waals surface area contributed by atoms with Gasteiger partial charge >= 0.3 is 0 Å². The Labute approximate surface area is 157 Å². The highest BCUT2D eigenvalue weighted by Crippen LogP contribution is 2.33. The maximum absolute atomic E-state index is 12.6. The van der Waals surface area contributed by atoms with Crippen molar-refractivity contribution in [3.8, 4) is 0 Å². The number of carbonyl (C=O) groups excluding carboxylic acids is 2. The lowest BCUT2D eigenvalue weighted by molar-refractivity contribution is -0.120. The van der Waals surface area contributed by atoms with Gasteiger partial charge in [0.1, 0.15) is 6.54 Å². The number of rotatable bonds is 3. The number of nitrogens with one attached hydrogen (secondary N) is 1. The van der Waals surface area contributed by atoms with Crippen LogP contribution in [0.2, 0.25) is 5.02 Å². The maximum Gasteiger partial charge on any atom is 0.244 e. The Kier molecular flexibility index (Phi) is 4.37. The van der Waals surface area contributed by atoms with Crippen LogP contribution in [0.4, 0.5) is 11.4 Å². The molecule has 0 aliphatic carbocycles. The van der Waals surface area contributed by atoms with Crippen molar-refractivity contribution in [3.05, 3.63) is 47.5 Å². The lowest BCUT2D eigenvalue weighted by Crippen LogP contribution is -2.43. The van der Waals surface area contributed by atoms with Crippen LogP contribution in [0, 0.1) is 0 Å². The zero-order valence-corrected chi connectivity index (χ0v) is 15.2. The van der Waals surface area contributed by atoms with E-state index in [-0.39, 0.29) is 24.1 Å². The van der Waals surface area contributed by atoms with Crippen molar-refractivity contribution in [2.24, 2.45) is 0 Å². The van der Waals surface area contributed by atoms with Gasteiger partial charge in [-0.05, 0) is 30.3 Å². The van der Waals surface area contributed by atoms with Crippen LogP contribution in [0.25, 0.3) is 10.2 Å². The summed E-state index contributed by atoms with van der Waals surface area (Å²) < 4.78 is 1.84. The molecule has 1 aromatic heterocycles. The average Bonchev–Trinajstić information content (AvgIpc) is 3.00. The smallest absolute Gasteiger partial charge is 0.244 e. The highest BCUT2D eigenvalue weighted by Gasteiger charge is 2.26. The van der Waals surface area contributed by atoms with E-state index in [0.717, 1.165) is 20.2 Å². The fourth-order valence-corrected chi connectivity index (χ4v) is 4.69. The van der Waals surface area contributed by atoms with Gasteiger partial charge in [-0.15, -0.1) is 11.3 Å². The lowest BCUT2D eigenvalue weighted by atomic mass is 10.2. The molecule has 3 aromatic rings. The number of anilines is 2. The zero-order valence-electron chi connectivity index (χ0n) is 12.9. The number of thiazole rings is 1. The molecule has 8 heteroatoms. The lowest BCUT2D eigenvalue weighted by Gasteiger charge is -2.28. The Hall–Kier alpha value is -2.09. The maximum atomic E-state index is 12.6. The topological polar surface area (TPSA) is 62.3 Å². The molecule has 2 amide bonds. The number of fused-ring (bicyclic) bond motifs is 2. The molecule has 5 nitrogen and oxygen atoms in total. The molecule has 0 unspecified atom stereocenters. The number of hydrogen-bond acceptors (Lipinski definition) is 5. The Balaban J connectivity index is 1.51. The number of carbonyl (C=O) groups is 2. The van der Waals surface area contributed by atoms with Gasteiger partial charge in [0.15, 0.2) is 4.34 Å². The summed E-state index contributed by atoms with van der Waals surface area (Å²) in [6.45, 7) is 0.0336. The number of amides is 2. The molecule has 1 N–H and O–H groups in total. The van der Waals surface area contributed by atoms with E-state index in [1.165, 1.54) is 28.0 Å². The minimum Gasteiger partial charge on any atom is -0.323 e. The second-order valence-electron chi connectivity index (χ2n) is 5.43. The molecule has 2 heterocycles. The first-order valence-corrected chi connectivity index (χ1v) is 9.66. The van der Waals surface area contributed by atoms with Gasteiger partial charge in [-0.3, -0.25) is 9.59 Å². The van der Waals surface area contributed by atoms with Gasteiger partial charge in [0, 0.05) is 5.02 Å². The van der Waals surface area contributed by atoms with Gasteiger partial charge in [0.25, 0.3) is 0 Å². The third kappa shape index (κ3) is 3.35. The molecule has 1 aliphatic rings. The summed E-state index contributed by atoms with van der Waals surface area (Å²) in [6.07, 6.45) is 0. The molecular formula is C17H12ClN3O2S2. The predicted molar refractivity (Wildman–Crippen MR) is 103 cm³/mol. The van der Waals surface area contributed by atoms with Gasteiger partial charge in [0.2, 0.25) is 11.8 Å². The number of para-hydroxylation sites is 2. The number of thioether (sulfide) groups is 1. The van der Waals surface area contributed by atoms with Crippen molar-refractivity contribution in [1.82, 2.24) is 4.98 Å². The molecule has 0 radical (unpaired) electrons. The third-order valence-corrected chi connectivity index (χ3v) is 6.12. The molecule has 0 spiro atoms. The molecule has 1 aliphatic heterocycles. The van der Waals surface area contributed by atoms with Crippen molar-refractivity contribution in [2.75, 3.05) is 22.5 Å². The van der Waals surface area contributed by atoms with Crippen LogP contribution in [0.1, 0.15) is 0 Å². The highest BCUT2D eigenvalue weighted by atomic mass is 35.5. The van der Waals surface area contributed by atoms with Crippen LogP contribution in [-0.4, -0.2) is 29.1 Å². The molecule has 0 atom stereocenters. The fraction of sp³-hybridized carbons (Fsp3) is 0.118. The van der Waals surface area contributed by atoms with E-state index in [1.54, 1.807) is 6.07 Å². The van der Waals surface area contributed by atoms with Crippen LogP contribution in [0.15, 0.2) is 46.8 Å². The molecule has 25 heavy (non-hydrogen) atoms. The summed E-state index contributed by atoms with van der Waals surface area (Å²) in [7, 11) is 0. The highest BCUT2D eigenvalue weighted by molar-refractivity contribution is 8.01. The SMILES string of the molecule is O=C1CN(C(=O)CSc2nc3cc(Cl)ccc3s2)c2ccccc2N1. The standard InChI is InChI=1S/C17H12ClN3O2S2/c18-10-5-6-14-12(7-10)20-17(25-14)24-9-16(23)21-8-15(22)19-11-3-1-2-4-13(11)21/h1-7H,8-9H2,(H,19,22). The van der Waals surface area contributed by atoms with Gasteiger partial charge in [-0.1, -0.05) is 35.5 Å². The Morgan fingerprint density at radius 1 is 1.32 bits per heavy atom. The van der Waals surface area contributed by atoms with Crippen LogP contribution < -0.4 is 10.2 Å². The van der Waals surface area contributed by atoms with E-state index < -0.39 is 0 Å². The van der Waals surface area contributed by atoms with Gasteiger partial charge < -0.3 is 10.2 Å². The minimum atomic E-state index is -0.188. The quantitative estimate of drug-likeness (QED) is 0.687. The van der Waals surface area contributed by atoms with Crippen molar-refractivity contribution in [2.45, 2.75) is 4.34 Å². The summed E-state index contributed by atoms with van der Waals surface area (Å²) in [5, 5.41) is 3.42. The molecule has 0 saturated heterocycles. The first kappa shape index (κ1) is 16.4. The van der Waals surface area contributed by atoms with Crippen molar-refractivity contribution in [1.29, 1.82) is 0 Å². The molecule has 2 aromatic carbocycles. The number of aromatic nitrogens is 1. The first-order chi connectivity index (χ1) is 12.1. The summed E-state index contributed by atoms with van der Waals surface area (Å²) in [5.41, 5.74) is 2.21. The van der Waals surface area contributed by atoms with E-state index in [0.29, 0.717) is 10.7 Å². The number of benzene rings is 2. The van der Waals surface area contributed by atoms with E-state index in [2.05, 4.69) is 10.3 Å². The minimum absolute atomic E-state index is 0.0336. The van der Waals surface area contributed by atoms with Crippen molar-refractivity contribution < 1.29 is 9.59 Å². The molecular weight excluding hydrogens is 378 g/mol. The number of hydrogen-bond donors (Lipinski definition) is 1. The van der Waals surface area contributed by atoms with Gasteiger partial charge in [-0.25, -0.2) is 4.98 Å². The van der Waals surface area contributed by atoms with Crippen molar-refractivity contribution >= 4 is 68.1 Å². The normalized spacial score (nSPS) is 13.6. The van der Waals surface area contributed by atoms with Gasteiger partial charge in [-0.2, -0.15) is 0 Å². The van der Waals surface area contributed by atoms with E-state index in [9.17, 15) is 9.59 Å². The summed E-state index contributed by atoms with van der Waals surface area (Å²) in [5.74, 6) is -0.0916. The van der Waals surface area contributed by atoms with Crippen LogP contribution >= 0.6 is 34.7 Å². The Bertz CT molecular complexity index is 989. The first-order valence-electron chi connectivity index (χ1n) is 7.48. The van der Waals surface area contributed by atoms with Crippen LogP contribution in [-0.2, 0) is 9.59 Å². The predicted octanol–water partition coefficient (Wildman–Crippen LogP) is 4.03. The van der Waals surface area contributed by atoms with E-state index >= 15 is 0 Å². The third-order valence-electron chi connectivity index (χ3n) is 3.72. The molecule has 0 bridgehead atoms. The van der Waals surface area contributed by atoms with E-state index in [1.807, 2.05) is 36.4 Å². The zero-order chi connectivity index (χ0) is 17.4. The van der Waals surface area contributed by atoms with Crippen LogP contribution in [0.3, 0.4) is 0 Å². The summed E-state index contributed by atoms with van der Waals surface area (Å²) in [4.78, 5) is 30.5. The molecule has 126 valence electrons. The number of nitrogens with zero attached hydrogens (tertiary/aromatic N) is 2. The number of halogens is 1. The van der Waals surface area contributed by atoms with E-state index in [4.69, 9.17) is 11.6 Å². The van der Waals surface area contributed by atoms with Crippen LogP contribution in [0.5, 0.6) is 0 Å². The Morgan fingerprint density at radius 2 is 2.16 bits per heavy atom. The van der Waals surface area contributed by atoms with Crippen molar-refractivity contribution in [3.63, 3.8) is 0 Å². The van der Waals surface area contributed by atoms with Gasteiger partial charge in [0.05, 0.1) is 27.3 Å². The average molecular weight is 390 g/mol. The largest absolute Gasteiger partial charge is 0.323 e. The molecule has 4 rings (SSSR count). The Morgan fingerprint density at radius 3 is 3.04 bits per heavy atom. The second-order valence-corrected chi connectivity index (χ2v) is 8.12. The summed E-state index contributed by atoms with van der Waals surface area (Å²) >= 11 is 8.87. The monoisotopic (exact) mass is 389 g/mol.